The second-order valence-electron chi connectivity index (χ2n) is 7.13. The van der Waals surface area contributed by atoms with Crippen LogP contribution in [0.15, 0.2) is 53.3 Å². The van der Waals surface area contributed by atoms with E-state index in [0.29, 0.717) is 18.1 Å². The standard InChI is InChI=1S/C20H22N4O2/c1-20(2,3)15-6-8-16(9-7-15)22-17(25)10-11-18-23-19(24-26-18)14-5-4-12-21-13-14/h4-9,12-13H,10-11H2,1-3H3,(H,22,25). The van der Waals surface area contributed by atoms with Gasteiger partial charge in [-0.15, -0.1) is 0 Å². The average molecular weight is 350 g/mol. The molecule has 0 unspecified atom stereocenters. The van der Waals surface area contributed by atoms with Crippen molar-refractivity contribution in [2.75, 3.05) is 5.32 Å². The van der Waals surface area contributed by atoms with Crippen LogP contribution in [0.4, 0.5) is 5.69 Å². The number of nitrogens with one attached hydrogen (secondary N) is 1. The highest BCUT2D eigenvalue weighted by atomic mass is 16.5. The molecule has 0 saturated heterocycles. The van der Waals surface area contributed by atoms with Crippen LogP contribution in [0.2, 0.25) is 0 Å². The first-order chi connectivity index (χ1) is 12.4. The van der Waals surface area contributed by atoms with Gasteiger partial charge in [0, 0.05) is 36.5 Å². The summed E-state index contributed by atoms with van der Waals surface area (Å²) in [6.45, 7) is 6.47. The predicted octanol–water partition coefficient (Wildman–Crippen LogP) is 4.00. The van der Waals surface area contributed by atoms with E-state index in [1.807, 2.05) is 36.4 Å². The molecular weight excluding hydrogens is 328 g/mol. The van der Waals surface area contributed by atoms with Gasteiger partial charge in [-0.3, -0.25) is 9.78 Å². The fourth-order valence-corrected chi connectivity index (χ4v) is 2.47. The first kappa shape index (κ1) is 17.8. The Balaban J connectivity index is 1.54. The van der Waals surface area contributed by atoms with E-state index in [0.717, 1.165) is 11.3 Å². The number of benzene rings is 1. The normalized spacial score (nSPS) is 11.3. The monoisotopic (exact) mass is 350 g/mol. The Kier molecular flexibility index (Phi) is 5.11. The second kappa shape index (κ2) is 7.47. The van der Waals surface area contributed by atoms with Crippen LogP contribution < -0.4 is 5.32 Å². The molecule has 0 fully saturated rings. The van der Waals surface area contributed by atoms with E-state index in [4.69, 9.17) is 4.52 Å². The minimum absolute atomic E-state index is 0.0883. The van der Waals surface area contributed by atoms with E-state index < -0.39 is 0 Å². The Morgan fingerprint density at radius 2 is 1.92 bits per heavy atom. The van der Waals surface area contributed by atoms with Crippen molar-refractivity contribution >= 4 is 11.6 Å². The van der Waals surface area contributed by atoms with E-state index in [1.54, 1.807) is 12.4 Å². The fourth-order valence-electron chi connectivity index (χ4n) is 2.47. The number of nitrogens with zero attached hydrogens (tertiary/aromatic N) is 3. The van der Waals surface area contributed by atoms with E-state index in [9.17, 15) is 4.79 Å². The zero-order valence-corrected chi connectivity index (χ0v) is 15.2. The van der Waals surface area contributed by atoms with Crippen molar-refractivity contribution in [1.29, 1.82) is 0 Å². The van der Waals surface area contributed by atoms with Gasteiger partial charge in [-0.05, 0) is 35.2 Å². The van der Waals surface area contributed by atoms with Crippen LogP contribution in [0.3, 0.4) is 0 Å². The lowest BCUT2D eigenvalue weighted by Gasteiger charge is -2.19. The predicted molar refractivity (Wildman–Crippen MR) is 99.6 cm³/mol. The number of carbonyl (C=O) groups is 1. The van der Waals surface area contributed by atoms with Crippen LogP contribution in [0.25, 0.3) is 11.4 Å². The van der Waals surface area contributed by atoms with Gasteiger partial charge < -0.3 is 9.84 Å². The fraction of sp³-hybridized carbons (Fsp3) is 0.300. The highest BCUT2D eigenvalue weighted by Gasteiger charge is 2.14. The molecule has 6 heteroatoms. The Morgan fingerprint density at radius 1 is 1.15 bits per heavy atom. The van der Waals surface area contributed by atoms with Crippen LogP contribution in [-0.4, -0.2) is 21.0 Å². The maximum atomic E-state index is 12.1. The molecule has 2 heterocycles. The van der Waals surface area contributed by atoms with Crippen molar-refractivity contribution in [3.8, 4) is 11.4 Å². The zero-order chi connectivity index (χ0) is 18.6. The summed E-state index contributed by atoms with van der Waals surface area (Å²) in [6.07, 6.45) is 4.01. The maximum absolute atomic E-state index is 12.1. The lowest BCUT2D eigenvalue weighted by atomic mass is 9.87. The van der Waals surface area contributed by atoms with E-state index in [2.05, 4.69) is 41.2 Å². The third-order valence-corrected chi connectivity index (χ3v) is 3.99. The lowest BCUT2D eigenvalue weighted by Crippen LogP contribution is -2.14. The molecule has 6 nitrogen and oxygen atoms in total. The summed E-state index contributed by atoms with van der Waals surface area (Å²) in [5, 5.41) is 6.81. The van der Waals surface area contributed by atoms with E-state index in [1.165, 1.54) is 5.56 Å². The molecular formula is C20H22N4O2. The summed E-state index contributed by atoms with van der Waals surface area (Å²) >= 11 is 0. The number of carbonyl (C=O) groups excluding carboxylic acids is 1. The van der Waals surface area contributed by atoms with Gasteiger partial charge in [0.1, 0.15) is 0 Å². The third-order valence-electron chi connectivity index (χ3n) is 3.99. The van der Waals surface area contributed by atoms with Crippen LogP contribution in [0.5, 0.6) is 0 Å². The molecule has 1 N–H and O–H groups in total. The number of pyridine rings is 1. The molecule has 0 aliphatic rings. The molecule has 0 atom stereocenters. The molecule has 1 amide bonds. The van der Waals surface area contributed by atoms with Gasteiger partial charge in [-0.2, -0.15) is 4.98 Å². The highest BCUT2D eigenvalue weighted by Crippen LogP contribution is 2.23. The van der Waals surface area contributed by atoms with Gasteiger partial charge >= 0.3 is 0 Å². The van der Waals surface area contributed by atoms with Crippen LogP contribution in [-0.2, 0) is 16.6 Å². The number of aromatic nitrogens is 3. The minimum Gasteiger partial charge on any atom is -0.339 e. The number of hydrogen-bond donors (Lipinski definition) is 1. The Morgan fingerprint density at radius 3 is 2.58 bits per heavy atom. The lowest BCUT2D eigenvalue weighted by molar-refractivity contribution is -0.116. The molecule has 0 radical (unpaired) electrons. The second-order valence-corrected chi connectivity index (χ2v) is 7.13. The number of hydrogen-bond acceptors (Lipinski definition) is 5. The maximum Gasteiger partial charge on any atom is 0.227 e. The number of aryl methyl sites for hydroxylation is 1. The summed E-state index contributed by atoms with van der Waals surface area (Å²) < 4.78 is 5.20. The molecule has 134 valence electrons. The average Bonchev–Trinajstić information content (AvgIpc) is 3.09. The van der Waals surface area contributed by atoms with Crippen molar-refractivity contribution in [3.63, 3.8) is 0 Å². The molecule has 3 aromatic rings. The highest BCUT2D eigenvalue weighted by molar-refractivity contribution is 5.90. The first-order valence-electron chi connectivity index (χ1n) is 8.55. The quantitative estimate of drug-likeness (QED) is 0.752. The summed E-state index contributed by atoms with van der Waals surface area (Å²) in [6, 6.07) is 11.6. The molecule has 3 rings (SSSR count). The van der Waals surface area contributed by atoms with Crippen molar-refractivity contribution < 1.29 is 9.32 Å². The van der Waals surface area contributed by atoms with Crippen LogP contribution >= 0.6 is 0 Å². The molecule has 26 heavy (non-hydrogen) atoms. The first-order valence-corrected chi connectivity index (χ1v) is 8.55. The molecule has 1 aromatic carbocycles. The zero-order valence-electron chi connectivity index (χ0n) is 15.2. The summed E-state index contributed by atoms with van der Waals surface area (Å²) in [5.74, 6) is 0.822. The largest absolute Gasteiger partial charge is 0.339 e. The smallest absolute Gasteiger partial charge is 0.227 e. The number of rotatable bonds is 5. The molecule has 2 aromatic heterocycles. The van der Waals surface area contributed by atoms with Gasteiger partial charge in [-0.25, -0.2) is 0 Å². The van der Waals surface area contributed by atoms with Gasteiger partial charge in [-0.1, -0.05) is 38.1 Å². The minimum atomic E-state index is -0.0883. The van der Waals surface area contributed by atoms with Crippen LogP contribution in [0.1, 0.15) is 38.6 Å². The molecule has 0 bridgehead atoms. The van der Waals surface area contributed by atoms with Crippen molar-refractivity contribution in [3.05, 3.63) is 60.2 Å². The topological polar surface area (TPSA) is 80.9 Å². The van der Waals surface area contributed by atoms with Gasteiger partial charge in [0.2, 0.25) is 17.6 Å². The van der Waals surface area contributed by atoms with Crippen molar-refractivity contribution in [1.82, 2.24) is 15.1 Å². The van der Waals surface area contributed by atoms with Gasteiger partial charge in [0.25, 0.3) is 0 Å². The molecule has 0 saturated carbocycles. The Labute approximate surface area is 152 Å². The SMILES string of the molecule is CC(C)(C)c1ccc(NC(=O)CCc2nc(-c3cccnc3)no2)cc1. The summed E-state index contributed by atoms with van der Waals surface area (Å²) in [7, 11) is 0. The summed E-state index contributed by atoms with van der Waals surface area (Å²) in [4.78, 5) is 20.5. The van der Waals surface area contributed by atoms with Crippen LogP contribution in [0, 0.1) is 0 Å². The Hall–Kier alpha value is -3.02. The van der Waals surface area contributed by atoms with Gasteiger partial charge in [0.15, 0.2) is 0 Å². The molecule has 0 aliphatic carbocycles. The van der Waals surface area contributed by atoms with Crippen molar-refractivity contribution in [2.45, 2.75) is 39.0 Å². The van der Waals surface area contributed by atoms with E-state index in [-0.39, 0.29) is 17.7 Å². The summed E-state index contributed by atoms with van der Waals surface area (Å²) in [5.41, 5.74) is 2.88. The number of anilines is 1. The molecule has 0 aliphatic heterocycles. The Bertz CT molecular complexity index is 865. The van der Waals surface area contributed by atoms with Gasteiger partial charge in [0.05, 0.1) is 0 Å². The van der Waals surface area contributed by atoms with E-state index >= 15 is 0 Å². The third kappa shape index (κ3) is 4.53. The number of amides is 1. The molecule has 0 spiro atoms. The van der Waals surface area contributed by atoms with Crippen molar-refractivity contribution in [2.24, 2.45) is 0 Å².